The van der Waals surface area contributed by atoms with Gasteiger partial charge in [-0.15, -0.1) is 0 Å². The van der Waals surface area contributed by atoms with Gasteiger partial charge in [-0.1, -0.05) is 30.3 Å². The second-order valence-corrected chi connectivity index (χ2v) is 10.5. The van der Waals surface area contributed by atoms with E-state index in [9.17, 15) is 9.59 Å². The fourth-order valence-corrected chi connectivity index (χ4v) is 6.10. The van der Waals surface area contributed by atoms with E-state index in [0.717, 1.165) is 49.2 Å². The van der Waals surface area contributed by atoms with Crippen LogP contribution in [0.3, 0.4) is 0 Å². The van der Waals surface area contributed by atoms with Crippen LogP contribution in [0.1, 0.15) is 40.2 Å². The number of hydrogen-bond donors (Lipinski definition) is 0. The van der Waals surface area contributed by atoms with Gasteiger partial charge >= 0.3 is 0 Å². The van der Waals surface area contributed by atoms with Crippen molar-refractivity contribution in [3.63, 3.8) is 0 Å². The Kier molecular flexibility index (Phi) is 5.94. The molecule has 4 aliphatic heterocycles. The molecule has 1 aromatic heterocycles. The fourth-order valence-electron chi connectivity index (χ4n) is 6.10. The van der Waals surface area contributed by atoms with Gasteiger partial charge in [-0.2, -0.15) is 0 Å². The molecule has 0 N–H and O–H groups in total. The fraction of sp³-hybridized carbons (Fsp3) is 0.448. The van der Waals surface area contributed by atoms with Crippen molar-refractivity contribution in [1.29, 1.82) is 0 Å². The van der Waals surface area contributed by atoms with Crippen molar-refractivity contribution in [2.24, 2.45) is 11.8 Å². The van der Waals surface area contributed by atoms with Gasteiger partial charge in [0.05, 0.1) is 0 Å². The molecule has 0 saturated carbocycles. The Balaban J connectivity index is 1.25. The monoisotopic (exact) mass is 471 g/mol. The molecule has 182 valence electrons. The molecule has 0 unspecified atom stereocenters. The molecule has 6 heteroatoms. The number of Topliss-reactive ketones (excluding diaryl/α,β-unsaturated/α-hetero) is 1. The second-order valence-electron chi connectivity index (χ2n) is 10.5. The van der Waals surface area contributed by atoms with Gasteiger partial charge in [0.2, 0.25) is 0 Å². The third-order valence-corrected chi connectivity index (χ3v) is 8.27. The van der Waals surface area contributed by atoms with Crippen LogP contribution in [0.15, 0.2) is 52.9 Å². The summed E-state index contributed by atoms with van der Waals surface area (Å²) in [6.45, 7) is 6.69. The second kappa shape index (κ2) is 9.25. The van der Waals surface area contributed by atoms with Crippen LogP contribution in [0.25, 0.3) is 22.1 Å². The van der Waals surface area contributed by atoms with Gasteiger partial charge < -0.3 is 19.1 Å². The molecular weight excluding hydrogens is 438 g/mol. The summed E-state index contributed by atoms with van der Waals surface area (Å²) in [6, 6.07) is 15.7. The normalized spacial score (nSPS) is 24.7. The lowest BCUT2D eigenvalue weighted by Gasteiger charge is -2.44. The number of hydrogen-bond acceptors (Lipinski definition) is 5. The average Bonchev–Trinajstić information content (AvgIpc) is 3.34. The standard InChI is InChI=1S/C29H33N3O3/c1-30-12-14-32(15-13-30)29(34)23-6-2-4-21(16-23)25-7-3-5-22-18-27(35-28(22)25)26(33)17-24-19-31-10-8-20(24)9-11-31/h2-7,16,18,20,24H,8-15,17,19H2,1H3/t24-/m1/s1. The first-order chi connectivity index (χ1) is 17.0. The average molecular weight is 472 g/mol. The molecule has 6 nitrogen and oxygen atoms in total. The third-order valence-electron chi connectivity index (χ3n) is 8.27. The van der Waals surface area contributed by atoms with Crippen molar-refractivity contribution in [2.45, 2.75) is 19.3 Å². The molecule has 1 atom stereocenters. The third kappa shape index (κ3) is 4.41. The molecule has 0 aliphatic carbocycles. The molecule has 1 amide bonds. The summed E-state index contributed by atoms with van der Waals surface area (Å²) < 4.78 is 6.20. The first-order valence-electron chi connectivity index (χ1n) is 12.9. The van der Waals surface area contributed by atoms with Crippen molar-refractivity contribution in [3.8, 4) is 11.1 Å². The number of likely N-dealkylation sites (N-methyl/N-ethyl adjacent to an activating group) is 1. The number of carbonyl (C=O) groups is 2. The molecule has 4 aliphatic rings. The number of fused-ring (bicyclic) bond motifs is 4. The molecular formula is C29H33N3O3. The maximum absolute atomic E-state index is 13.2. The van der Waals surface area contributed by atoms with Crippen LogP contribution in [-0.4, -0.2) is 79.3 Å². The van der Waals surface area contributed by atoms with Crippen molar-refractivity contribution < 1.29 is 14.0 Å². The first-order valence-corrected chi connectivity index (χ1v) is 12.9. The Morgan fingerprint density at radius 2 is 1.71 bits per heavy atom. The Bertz CT molecular complexity index is 1250. The van der Waals surface area contributed by atoms with E-state index in [1.54, 1.807) is 0 Å². The summed E-state index contributed by atoms with van der Waals surface area (Å²) in [5, 5.41) is 0.926. The van der Waals surface area contributed by atoms with Gasteiger partial charge in [-0.3, -0.25) is 9.59 Å². The number of piperidine rings is 3. The number of benzene rings is 2. The van der Waals surface area contributed by atoms with E-state index in [1.807, 2.05) is 53.4 Å². The first kappa shape index (κ1) is 22.5. The minimum atomic E-state index is 0.0694. The highest BCUT2D eigenvalue weighted by Crippen LogP contribution is 2.36. The topological polar surface area (TPSA) is 57.0 Å². The Hall–Kier alpha value is -2.96. The van der Waals surface area contributed by atoms with Crippen LogP contribution in [0.5, 0.6) is 0 Å². The van der Waals surface area contributed by atoms with Crippen LogP contribution in [0, 0.1) is 11.8 Å². The Morgan fingerprint density at radius 1 is 0.943 bits per heavy atom. The van der Waals surface area contributed by atoms with Gasteiger partial charge in [-0.25, -0.2) is 0 Å². The zero-order valence-electron chi connectivity index (χ0n) is 20.4. The molecule has 2 aromatic carbocycles. The van der Waals surface area contributed by atoms with Crippen molar-refractivity contribution in [1.82, 2.24) is 14.7 Å². The minimum absolute atomic E-state index is 0.0694. The molecule has 0 radical (unpaired) electrons. The molecule has 35 heavy (non-hydrogen) atoms. The molecule has 4 saturated heterocycles. The van der Waals surface area contributed by atoms with Crippen LogP contribution < -0.4 is 0 Å². The minimum Gasteiger partial charge on any atom is -0.452 e. The predicted molar refractivity (Wildman–Crippen MR) is 137 cm³/mol. The quantitative estimate of drug-likeness (QED) is 0.516. The maximum Gasteiger partial charge on any atom is 0.253 e. The lowest BCUT2D eigenvalue weighted by molar-refractivity contribution is 0.0433. The van der Waals surface area contributed by atoms with Crippen molar-refractivity contribution >= 4 is 22.7 Å². The van der Waals surface area contributed by atoms with Crippen LogP contribution in [0.4, 0.5) is 0 Å². The van der Waals surface area contributed by atoms with Gasteiger partial charge in [0.1, 0.15) is 5.58 Å². The highest BCUT2D eigenvalue weighted by molar-refractivity contribution is 6.02. The Labute approximate surface area is 206 Å². The number of furan rings is 1. The van der Waals surface area contributed by atoms with Crippen molar-refractivity contribution in [3.05, 3.63) is 59.9 Å². The lowest BCUT2D eigenvalue weighted by atomic mass is 9.76. The van der Waals surface area contributed by atoms with Gasteiger partial charge in [0, 0.05) is 55.7 Å². The SMILES string of the molecule is CN1CCN(C(=O)c2cccc(-c3cccc4cc(C(=O)C[C@@H]5CN6CCC5CC6)oc34)c2)CC1. The number of amides is 1. The van der Waals surface area contributed by atoms with E-state index in [0.29, 0.717) is 35.2 Å². The van der Waals surface area contributed by atoms with Crippen LogP contribution in [-0.2, 0) is 0 Å². The van der Waals surface area contributed by atoms with Gasteiger partial charge in [-0.05, 0) is 68.6 Å². The highest BCUT2D eigenvalue weighted by atomic mass is 16.3. The summed E-state index contributed by atoms with van der Waals surface area (Å²) in [6.07, 6.45) is 2.99. The Morgan fingerprint density at radius 3 is 2.46 bits per heavy atom. The van der Waals surface area contributed by atoms with E-state index in [1.165, 1.54) is 25.9 Å². The lowest BCUT2D eigenvalue weighted by Crippen LogP contribution is -2.47. The van der Waals surface area contributed by atoms with E-state index in [2.05, 4.69) is 16.8 Å². The van der Waals surface area contributed by atoms with E-state index >= 15 is 0 Å². The zero-order chi connectivity index (χ0) is 23.9. The van der Waals surface area contributed by atoms with Gasteiger partial charge in [0.25, 0.3) is 5.91 Å². The number of ketones is 1. The molecule has 4 fully saturated rings. The largest absolute Gasteiger partial charge is 0.452 e. The molecule has 0 spiro atoms. The molecule has 2 bridgehead atoms. The summed E-state index contributed by atoms with van der Waals surface area (Å²) in [5.74, 6) is 1.73. The molecule has 3 aromatic rings. The van der Waals surface area contributed by atoms with Crippen LogP contribution >= 0.6 is 0 Å². The smallest absolute Gasteiger partial charge is 0.253 e. The number of nitrogens with zero attached hydrogens (tertiary/aromatic N) is 3. The van der Waals surface area contributed by atoms with Crippen LogP contribution in [0.2, 0.25) is 0 Å². The number of para-hydroxylation sites is 1. The summed E-state index contributed by atoms with van der Waals surface area (Å²) in [4.78, 5) is 33.0. The summed E-state index contributed by atoms with van der Waals surface area (Å²) in [5.41, 5.74) is 3.25. The van der Waals surface area contributed by atoms with E-state index in [4.69, 9.17) is 4.42 Å². The maximum atomic E-state index is 13.2. The molecule has 7 rings (SSSR count). The summed E-state index contributed by atoms with van der Waals surface area (Å²) in [7, 11) is 2.09. The van der Waals surface area contributed by atoms with E-state index < -0.39 is 0 Å². The van der Waals surface area contributed by atoms with Gasteiger partial charge in [0.15, 0.2) is 11.5 Å². The molecule has 5 heterocycles. The number of piperazine rings is 1. The number of carbonyl (C=O) groups excluding carboxylic acids is 2. The van der Waals surface area contributed by atoms with E-state index in [-0.39, 0.29) is 11.7 Å². The highest BCUT2D eigenvalue weighted by Gasteiger charge is 2.35. The van der Waals surface area contributed by atoms with Crippen molar-refractivity contribution in [2.75, 3.05) is 52.9 Å². The zero-order valence-corrected chi connectivity index (χ0v) is 20.4. The summed E-state index contributed by atoms with van der Waals surface area (Å²) >= 11 is 0. The number of rotatable bonds is 5. The predicted octanol–water partition coefficient (Wildman–Crippen LogP) is 4.40.